The molecule has 1 heterocycles. The third kappa shape index (κ3) is 6.87. The van der Waals surface area contributed by atoms with E-state index in [1.54, 1.807) is 0 Å². The first-order chi connectivity index (χ1) is 20.4. The van der Waals surface area contributed by atoms with Gasteiger partial charge < -0.3 is 4.74 Å². The number of rotatable bonds is 6. The number of ether oxygens (including phenoxy) is 1. The summed E-state index contributed by atoms with van der Waals surface area (Å²) in [6.07, 6.45) is 4.70. The smallest absolute Gasteiger partial charge is 0.134 e. The van der Waals surface area contributed by atoms with Gasteiger partial charge in [0.2, 0.25) is 0 Å². The molecular weight excluding hydrogens is 567 g/mol. The second-order valence-corrected chi connectivity index (χ2v) is 13.8. The van der Waals surface area contributed by atoms with Crippen molar-refractivity contribution in [3.8, 4) is 0 Å². The van der Waals surface area contributed by atoms with Gasteiger partial charge >= 0.3 is 0 Å². The van der Waals surface area contributed by atoms with Gasteiger partial charge in [-0.15, -0.1) is 10.2 Å². The molecule has 1 aliphatic heterocycles. The molecule has 0 aromatic heterocycles. The molecule has 0 saturated heterocycles. The molecule has 0 spiro atoms. The molecule has 0 N–H and O–H groups in total. The van der Waals surface area contributed by atoms with Crippen LogP contribution in [-0.2, 0) is 4.74 Å². The van der Waals surface area contributed by atoms with Gasteiger partial charge in [0, 0.05) is 23.3 Å². The average Bonchev–Trinajstić information content (AvgIpc) is 3.03. The van der Waals surface area contributed by atoms with Crippen LogP contribution in [0.4, 0.5) is 0 Å². The fourth-order valence-corrected chi connectivity index (χ4v) is 9.81. The van der Waals surface area contributed by atoms with Crippen LogP contribution >= 0.6 is 7.26 Å². The van der Waals surface area contributed by atoms with Crippen LogP contribution in [0.3, 0.4) is 0 Å². The Morgan fingerprint density at radius 2 is 0.690 bits per heavy atom. The molecule has 0 fully saturated rings. The molecule has 5 nitrogen and oxygen atoms in total. The average molecular weight is 595 g/mol. The number of halogens is 1. The minimum absolute atomic E-state index is 0.0962. The molecule has 1 aliphatic rings. The van der Waals surface area contributed by atoms with Crippen LogP contribution in [0.15, 0.2) is 164 Å². The Bertz CT molecular complexity index is 1460. The second kappa shape index (κ2) is 13.3. The van der Waals surface area contributed by atoms with Crippen LogP contribution < -0.4 is 34.5 Å². The summed E-state index contributed by atoms with van der Waals surface area (Å²) in [7, 11) is -7.12. The molecule has 0 aliphatic carbocycles. The highest BCUT2D eigenvalue weighted by atomic mass is 35.7. The summed E-state index contributed by atoms with van der Waals surface area (Å²) in [5.41, 5.74) is 2.27. The number of benzene rings is 5. The molecule has 0 saturated carbocycles. The Hall–Kier alpha value is -4.06. The van der Waals surface area contributed by atoms with Crippen LogP contribution in [0.25, 0.3) is 11.5 Å². The van der Waals surface area contributed by atoms with Gasteiger partial charge in [0.1, 0.15) is 40.4 Å². The maximum atomic E-state index is 8.49. The van der Waals surface area contributed by atoms with Gasteiger partial charge in [0.25, 0.3) is 0 Å². The second-order valence-electron chi connectivity index (χ2n) is 9.49. The molecule has 42 heavy (non-hydrogen) atoms. The van der Waals surface area contributed by atoms with Gasteiger partial charge in [-0.05, 0) is 36.4 Å². The van der Waals surface area contributed by atoms with Crippen LogP contribution in [-0.4, -0.2) is 5.66 Å². The maximum Gasteiger partial charge on any atom is 0.134 e. The zero-order valence-electron chi connectivity index (χ0n) is 22.5. The van der Waals surface area contributed by atoms with Crippen LogP contribution in [0.5, 0.6) is 0 Å². The standard InChI is InChI=1S/C35H28OP.ClHO4/c1-6-16-28(17-7-1)34-26-33(27-35(36-34)29-18-8-2-9-19-29)37(30-20-10-3-11-21-30,31-22-12-4-13-23-31)32-24-14-5-15-25-32;2-1(3,4)5/h1-27,33H;(H,2,3,4,5)/q+1;/p-1. The Labute approximate surface area is 248 Å². The molecule has 210 valence electrons. The SMILES string of the molecule is C1=C(c2ccccc2)OC(c2ccccc2)=CC1[P+](c1ccccc1)(c1ccccc1)c1ccccc1.[O-][Cl+3]([O-])([O-])[O-]. The van der Waals surface area contributed by atoms with Crippen molar-refractivity contribution in [2.45, 2.75) is 5.66 Å². The third-order valence-electron chi connectivity index (χ3n) is 6.92. The maximum absolute atomic E-state index is 8.49. The summed E-state index contributed by atoms with van der Waals surface area (Å²) in [6, 6.07) is 54.0. The van der Waals surface area contributed by atoms with Crippen molar-refractivity contribution in [1.82, 2.24) is 0 Å². The molecule has 7 heteroatoms. The summed E-state index contributed by atoms with van der Waals surface area (Å²) >= 11 is 0. The summed E-state index contributed by atoms with van der Waals surface area (Å²) in [5, 5.41) is 4.06. The van der Waals surface area contributed by atoms with E-state index in [-0.39, 0.29) is 5.66 Å². The van der Waals surface area contributed by atoms with Crippen molar-refractivity contribution in [2.75, 3.05) is 0 Å². The Morgan fingerprint density at radius 1 is 0.429 bits per heavy atom. The van der Waals surface area contributed by atoms with Gasteiger partial charge in [-0.1, -0.05) is 115 Å². The topological polar surface area (TPSA) is 101 Å². The summed E-state index contributed by atoms with van der Waals surface area (Å²) in [5.74, 6) is 1.80. The van der Waals surface area contributed by atoms with Crippen molar-refractivity contribution in [3.63, 3.8) is 0 Å². The van der Waals surface area contributed by atoms with Crippen molar-refractivity contribution >= 4 is 34.7 Å². The lowest BCUT2D eigenvalue weighted by atomic mass is 10.1. The first-order valence-electron chi connectivity index (χ1n) is 13.3. The predicted molar refractivity (Wildman–Crippen MR) is 159 cm³/mol. The van der Waals surface area contributed by atoms with Crippen molar-refractivity contribution in [3.05, 3.63) is 175 Å². The lowest BCUT2D eigenvalue weighted by Crippen LogP contribution is -2.68. The lowest BCUT2D eigenvalue weighted by molar-refractivity contribution is -2.00. The van der Waals surface area contributed by atoms with Gasteiger partial charge in [0.15, 0.2) is 0 Å². The first kappa shape index (κ1) is 29.4. The highest BCUT2D eigenvalue weighted by Crippen LogP contribution is 2.62. The zero-order valence-corrected chi connectivity index (χ0v) is 24.2. The number of hydrogen-bond acceptors (Lipinski definition) is 5. The van der Waals surface area contributed by atoms with E-state index in [2.05, 4.69) is 152 Å². The van der Waals surface area contributed by atoms with Crippen LogP contribution in [0, 0.1) is 10.2 Å². The molecule has 0 unspecified atom stereocenters. The fraction of sp³-hybridized carbons (Fsp3) is 0.0286. The minimum atomic E-state index is -4.94. The Balaban J connectivity index is 0.000000652. The molecule has 0 atom stereocenters. The van der Waals surface area contributed by atoms with E-state index in [0.29, 0.717) is 0 Å². The monoisotopic (exact) mass is 594 g/mol. The number of hydrogen-bond donors (Lipinski definition) is 0. The van der Waals surface area contributed by atoms with E-state index < -0.39 is 17.5 Å². The van der Waals surface area contributed by atoms with E-state index in [9.17, 15) is 0 Å². The van der Waals surface area contributed by atoms with E-state index in [1.807, 2.05) is 12.1 Å². The molecule has 5 aromatic carbocycles. The van der Waals surface area contributed by atoms with Gasteiger partial charge in [-0.3, -0.25) is 0 Å². The van der Waals surface area contributed by atoms with E-state index in [1.165, 1.54) is 15.9 Å². The molecule has 0 radical (unpaired) electrons. The van der Waals surface area contributed by atoms with Crippen molar-refractivity contribution < 1.29 is 33.6 Å². The number of allylic oxidation sites excluding steroid dienone is 2. The molecule has 6 rings (SSSR count). The fourth-order valence-electron chi connectivity index (χ4n) is 5.24. The quantitative estimate of drug-likeness (QED) is 0.281. The first-order valence-corrected chi connectivity index (χ1v) is 16.3. The normalized spacial score (nSPS) is 13.6. The third-order valence-corrected chi connectivity index (χ3v) is 11.4. The van der Waals surface area contributed by atoms with Crippen LogP contribution in [0.2, 0.25) is 0 Å². The highest BCUT2D eigenvalue weighted by molar-refractivity contribution is 7.96. The molecule has 0 amide bonds. The van der Waals surface area contributed by atoms with Gasteiger partial charge in [-0.25, -0.2) is 18.6 Å². The lowest BCUT2D eigenvalue weighted by Gasteiger charge is -2.34. The predicted octanol–water partition coefficient (Wildman–Crippen LogP) is 2.71. The van der Waals surface area contributed by atoms with Gasteiger partial charge in [-0.2, -0.15) is 0 Å². The minimum Gasteiger partial charge on any atom is -0.456 e. The van der Waals surface area contributed by atoms with E-state index >= 15 is 0 Å². The van der Waals surface area contributed by atoms with Crippen LogP contribution in [0.1, 0.15) is 11.1 Å². The molecule has 5 aromatic rings. The van der Waals surface area contributed by atoms with E-state index in [0.717, 1.165) is 22.6 Å². The summed E-state index contributed by atoms with van der Waals surface area (Å²) in [6.45, 7) is 0. The molecule has 0 bridgehead atoms. The van der Waals surface area contributed by atoms with Crippen molar-refractivity contribution in [1.29, 1.82) is 0 Å². The highest BCUT2D eigenvalue weighted by Gasteiger charge is 2.52. The van der Waals surface area contributed by atoms with Gasteiger partial charge in [0.05, 0.1) is 0 Å². The largest absolute Gasteiger partial charge is 0.456 e. The zero-order chi connectivity index (χ0) is 29.4. The summed E-state index contributed by atoms with van der Waals surface area (Å²) < 4.78 is 40.6. The Kier molecular flexibility index (Phi) is 9.31. The van der Waals surface area contributed by atoms with E-state index in [4.69, 9.17) is 23.4 Å². The Morgan fingerprint density at radius 3 is 0.976 bits per heavy atom. The van der Waals surface area contributed by atoms with Crippen molar-refractivity contribution in [2.24, 2.45) is 0 Å². The molecular formula is C35H28ClO5P. The summed E-state index contributed by atoms with van der Waals surface area (Å²) in [4.78, 5) is 0.